The van der Waals surface area contributed by atoms with Crippen LogP contribution in [-0.2, 0) is 12.6 Å². The van der Waals surface area contributed by atoms with E-state index in [2.05, 4.69) is 0 Å². The molecule has 1 nitrogen and oxygen atoms in total. The van der Waals surface area contributed by atoms with Crippen LogP contribution >= 0.6 is 0 Å². The van der Waals surface area contributed by atoms with E-state index in [0.717, 1.165) is 5.56 Å². The number of alkyl halides is 3. The van der Waals surface area contributed by atoms with E-state index in [4.69, 9.17) is 5.73 Å². The molecule has 0 aliphatic carbocycles. The molecule has 0 amide bonds. The summed E-state index contributed by atoms with van der Waals surface area (Å²) in [4.78, 5) is 0. The Morgan fingerprint density at radius 3 is 2.20 bits per heavy atom. The van der Waals surface area contributed by atoms with Crippen molar-refractivity contribution >= 4 is 0 Å². The van der Waals surface area contributed by atoms with Gasteiger partial charge < -0.3 is 5.73 Å². The Labute approximate surface area is 87.1 Å². The van der Waals surface area contributed by atoms with Crippen molar-refractivity contribution in [2.45, 2.75) is 26.4 Å². The molecule has 1 aromatic carbocycles. The second kappa shape index (κ2) is 4.23. The van der Waals surface area contributed by atoms with Crippen LogP contribution in [0.4, 0.5) is 13.2 Å². The van der Waals surface area contributed by atoms with Gasteiger partial charge >= 0.3 is 6.18 Å². The topological polar surface area (TPSA) is 26.0 Å². The summed E-state index contributed by atoms with van der Waals surface area (Å²) < 4.78 is 37.6. The first-order valence-electron chi connectivity index (χ1n) is 4.73. The molecule has 0 saturated heterocycles. The van der Waals surface area contributed by atoms with Crippen LogP contribution in [0, 0.1) is 13.8 Å². The lowest BCUT2D eigenvalue weighted by atomic mass is 9.98. The highest BCUT2D eigenvalue weighted by atomic mass is 19.4. The van der Waals surface area contributed by atoms with Gasteiger partial charge in [-0.2, -0.15) is 13.2 Å². The Morgan fingerprint density at radius 1 is 1.13 bits per heavy atom. The van der Waals surface area contributed by atoms with Crippen LogP contribution in [0.1, 0.15) is 22.3 Å². The van der Waals surface area contributed by atoms with E-state index in [1.165, 1.54) is 13.0 Å². The maximum atomic E-state index is 12.5. The fourth-order valence-corrected chi connectivity index (χ4v) is 1.61. The molecule has 0 unspecified atom stereocenters. The standard InChI is InChI=1S/C11H14F3N/c1-7-6-10(11(12,13)14)8(2)5-9(7)3-4-15/h5-6H,3-4,15H2,1-2H3. The van der Waals surface area contributed by atoms with Gasteiger partial charge in [0, 0.05) is 0 Å². The summed E-state index contributed by atoms with van der Waals surface area (Å²) in [7, 11) is 0. The molecule has 0 aliphatic heterocycles. The molecule has 0 fully saturated rings. The van der Waals surface area contributed by atoms with E-state index in [-0.39, 0.29) is 5.56 Å². The van der Waals surface area contributed by atoms with Crippen molar-refractivity contribution < 1.29 is 13.2 Å². The van der Waals surface area contributed by atoms with Crippen molar-refractivity contribution in [3.63, 3.8) is 0 Å². The van der Waals surface area contributed by atoms with E-state index in [1.807, 2.05) is 0 Å². The fourth-order valence-electron chi connectivity index (χ4n) is 1.61. The summed E-state index contributed by atoms with van der Waals surface area (Å²) in [6.07, 6.45) is -3.65. The Morgan fingerprint density at radius 2 is 1.73 bits per heavy atom. The lowest BCUT2D eigenvalue weighted by Crippen LogP contribution is -2.10. The van der Waals surface area contributed by atoms with Crippen molar-refractivity contribution in [2.24, 2.45) is 5.73 Å². The van der Waals surface area contributed by atoms with E-state index < -0.39 is 11.7 Å². The van der Waals surface area contributed by atoms with E-state index in [0.29, 0.717) is 18.5 Å². The van der Waals surface area contributed by atoms with Crippen LogP contribution < -0.4 is 5.73 Å². The van der Waals surface area contributed by atoms with Crippen LogP contribution in [0.25, 0.3) is 0 Å². The van der Waals surface area contributed by atoms with Gasteiger partial charge in [-0.05, 0) is 49.6 Å². The van der Waals surface area contributed by atoms with Crippen molar-refractivity contribution in [2.75, 3.05) is 6.54 Å². The summed E-state index contributed by atoms with van der Waals surface area (Å²) >= 11 is 0. The molecule has 1 rings (SSSR count). The molecular formula is C11H14F3N. The first kappa shape index (κ1) is 12.0. The molecule has 0 saturated carbocycles. The van der Waals surface area contributed by atoms with E-state index >= 15 is 0 Å². The molecule has 0 bridgehead atoms. The fraction of sp³-hybridized carbons (Fsp3) is 0.455. The normalized spacial score (nSPS) is 11.9. The van der Waals surface area contributed by atoms with E-state index in [9.17, 15) is 13.2 Å². The van der Waals surface area contributed by atoms with E-state index in [1.54, 1.807) is 13.0 Å². The largest absolute Gasteiger partial charge is 0.416 e. The summed E-state index contributed by atoms with van der Waals surface area (Å²) in [6.45, 7) is 3.60. The van der Waals surface area contributed by atoms with Gasteiger partial charge in [0.15, 0.2) is 0 Å². The first-order valence-corrected chi connectivity index (χ1v) is 4.73. The van der Waals surface area contributed by atoms with Crippen LogP contribution in [-0.4, -0.2) is 6.54 Å². The molecule has 1 aromatic rings. The van der Waals surface area contributed by atoms with Gasteiger partial charge in [-0.1, -0.05) is 6.07 Å². The van der Waals surface area contributed by atoms with Gasteiger partial charge in [0.2, 0.25) is 0 Å². The first-order chi connectivity index (χ1) is 6.86. The highest BCUT2D eigenvalue weighted by Crippen LogP contribution is 2.33. The second-order valence-electron chi connectivity index (χ2n) is 3.63. The monoisotopic (exact) mass is 217 g/mol. The third kappa shape index (κ3) is 2.72. The number of hydrogen-bond donors (Lipinski definition) is 1. The summed E-state index contributed by atoms with van der Waals surface area (Å²) in [5.74, 6) is 0. The molecule has 0 heterocycles. The van der Waals surface area contributed by atoms with Crippen LogP contribution in [0.2, 0.25) is 0 Å². The van der Waals surface area contributed by atoms with Crippen molar-refractivity contribution in [3.8, 4) is 0 Å². The third-order valence-electron chi connectivity index (χ3n) is 2.40. The van der Waals surface area contributed by atoms with Gasteiger partial charge in [0.1, 0.15) is 0 Å². The smallest absolute Gasteiger partial charge is 0.330 e. The van der Waals surface area contributed by atoms with Gasteiger partial charge in [-0.15, -0.1) is 0 Å². The minimum atomic E-state index is -4.27. The molecular weight excluding hydrogens is 203 g/mol. The van der Waals surface area contributed by atoms with Crippen molar-refractivity contribution in [1.82, 2.24) is 0 Å². The Bertz CT molecular complexity index is 356. The number of halogens is 3. The molecule has 0 spiro atoms. The minimum absolute atomic E-state index is 0.261. The minimum Gasteiger partial charge on any atom is -0.330 e. The predicted molar refractivity (Wildman–Crippen MR) is 53.7 cm³/mol. The zero-order valence-corrected chi connectivity index (χ0v) is 8.78. The number of benzene rings is 1. The quantitative estimate of drug-likeness (QED) is 0.809. The molecule has 15 heavy (non-hydrogen) atoms. The summed E-state index contributed by atoms with van der Waals surface area (Å²) in [5, 5.41) is 0. The third-order valence-corrected chi connectivity index (χ3v) is 2.40. The average Bonchev–Trinajstić information content (AvgIpc) is 2.09. The summed E-state index contributed by atoms with van der Waals surface area (Å²) in [6, 6.07) is 2.77. The maximum Gasteiger partial charge on any atom is 0.416 e. The van der Waals surface area contributed by atoms with Crippen LogP contribution in [0.5, 0.6) is 0 Å². The molecule has 84 valence electrons. The Balaban J connectivity index is 3.20. The molecule has 0 atom stereocenters. The highest BCUT2D eigenvalue weighted by Gasteiger charge is 2.32. The van der Waals surface area contributed by atoms with Gasteiger partial charge in [0.25, 0.3) is 0 Å². The highest BCUT2D eigenvalue weighted by molar-refractivity contribution is 5.38. The van der Waals surface area contributed by atoms with Gasteiger partial charge in [-0.3, -0.25) is 0 Å². The number of hydrogen-bond acceptors (Lipinski definition) is 1. The molecule has 0 aliphatic rings. The maximum absolute atomic E-state index is 12.5. The average molecular weight is 217 g/mol. The van der Waals surface area contributed by atoms with Gasteiger partial charge in [0.05, 0.1) is 5.56 Å². The van der Waals surface area contributed by atoms with Crippen molar-refractivity contribution in [1.29, 1.82) is 0 Å². The molecule has 0 aromatic heterocycles. The number of aryl methyl sites for hydroxylation is 2. The zero-order chi connectivity index (χ0) is 11.6. The van der Waals surface area contributed by atoms with Crippen molar-refractivity contribution in [3.05, 3.63) is 34.4 Å². The SMILES string of the molecule is Cc1cc(C(F)(F)F)c(C)cc1CCN. The predicted octanol–water partition coefficient (Wildman–Crippen LogP) is 2.82. The van der Waals surface area contributed by atoms with Crippen LogP contribution in [0.3, 0.4) is 0 Å². The Hall–Kier alpha value is -1.03. The molecule has 4 heteroatoms. The van der Waals surface area contributed by atoms with Crippen LogP contribution in [0.15, 0.2) is 12.1 Å². The number of rotatable bonds is 2. The second-order valence-corrected chi connectivity index (χ2v) is 3.63. The molecule has 2 N–H and O–H groups in total. The zero-order valence-electron chi connectivity index (χ0n) is 8.78. The number of nitrogens with two attached hydrogens (primary N) is 1. The lowest BCUT2D eigenvalue weighted by Gasteiger charge is -2.14. The van der Waals surface area contributed by atoms with Gasteiger partial charge in [-0.25, -0.2) is 0 Å². The Kier molecular flexibility index (Phi) is 3.39. The summed E-state index contributed by atoms with van der Waals surface area (Å²) in [5.41, 5.74) is 6.63. The lowest BCUT2D eigenvalue weighted by molar-refractivity contribution is -0.138. The molecule has 0 radical (unpaired) electrons.